The molecular weight excluding hydrogens is 522 g/mol. The molecule has 0 saturated carbocycles. The number of benzene rings is 2. The highest BCUT2D eigenvalue weighted by molar-refractivity contribution is 9.10. The van der Waals surface area contributed by atoms with Crippen LogP contribution >= 0.6 is 27.5 Å². The van der Waals surface area contributed by atoms with Gasteiger partial charge < -0.3 is 0 Å². The Kier molecular flexibility index (Phi) is 6.51. The number of halogens is 12. The van der Waals surface area contributed by atoms with Gasteiger partial charge in [-0.05, 0) is 36.2 Å². The minimum Gasteiger partial charge on any atom is -0.221 e. The van der Waals surface area contributed by atoms with Gasteiger partial charge in [-0.15, -0.1) is 0 Å². The van der Waals surface area contributed by atoms with Gasteiger partial charge in [-0.2, -0.15) is 35.1 Å². The van der Waals surface area contributed by atoms with Crippen LogP contribution in [0.1, 0.15) is 18.1 Å². The van der Waals surface area contributed by atoms with E-state index >= 15 is 4.39 Å². The molecular formula is C18H10BrClF10. The van der Waals surface area contributed by atoms with Gasteiger partial charge in [0.15, 0.2) is 0 Å². The predicted octanol–water partition coefficient (Wildman–Crippen LogP) is 8.40. The Balaban J connectivity index is 3.09. The van der Waals surface area contributed by atoms with Crippen LogP contribution in [0.2, 0.25) is 5.02 Å². The molecule has 0 fully saturated rings. The minimum atomic E-state index is -6.91. The van der Waals surface area contributed by atoms with Gasteiger partial charge >= 0.3 is 23.9 Å². The maximum absolute atomic E-state index is 15.2. The summed E-state index contributed by atoms with van der Waals surface area (Å²) in [5.41, 5.74) is -10.6. The van der Waals surface area contributed by atoms with Crippen molar-refractivity contribution in [2.75, 3.05) is 0 Å². The van der Waals surface area contributed by atoms with Crippen molar-refractivity contribution in [2.24, 2.45) is 0 Å². The van der Waals surface area contributed by atoms with Crippen LogP contribution in [0.25, 0.3) is 11.1 Å². The van der Waals surface area contributed by atoms with Gasteiger partial charge in [0, 0.05) is 26.2 Å². The van der Waals surface area contributed by atoms with Crippen LogP contribution in [0, 0.1) is 5.82 Å². The highest BCUT2D eigenvalue weighted by Gasteiger charge is 2.82. The molecule has 2 aromatic carbocycles. The van der Waals surface area contributed by atoms with Crippen molar-refractivity contribution >= 4 is 27.5 Å². The van der Waals surface area contributed by atoms with E-state index in [-0.39, 0.29) is 23.1 Å². The average molecular weight is 532 g/mol. The van der Waals surface area contributed by atoms with Gasteiger partial charge in [0.1, 0.15) is 5.82 Å². The van der Waals surface area contributed by atoms with Crippen molar-refractivity contribution < 1.29 is 43.9 Å². The Morgan fingerprint density at radius 1 is 0.867 bits per heavy atom. The van der Waals surface area contributed by atoms with Crippen molar-refractivity contribution in [2.45, 2.75) is 37.3 Å². The first-order chi connectivity index (χ1) is 13.5. The Hall–Kier alpha value is -1.49. The minimum absolute atomic E-state index is 0.143. The topological polar surface area (TPSA) is 0 Å². The van der Waals surface area contributed by atoms with Crippen LogP contribution < -0.4 is 0 Å². The van der Waals surface area contributed by atoms with E-state index in [1.165, 1.54) is 6.92 Å². The lowest BCUT2D eigenvalue weighted by molar-refractivity contribution is -0.389. The van der Waals surface area contributed by atoms with Crippen LogP contribution in [0.3, 0.4) is 0 Å². The van der Waals surface area contributed by atoms with Gasteiger partial charge in [0.2, 0.25) is 0 Å². The first kappa shape index (κ1) is 24.8. The summed E-state index contributed by atoms with van der Waals surface area (Å²) in [4.78, 5) is 0. The molecule has 0 heterocycles. The Morgan fingerprint density at radius 3 is 1.90 bits per heavy atom. The van der Waals surface area contributed by atoms with E-state index in [0.717, 1.165) is 12.1 Å². The molecule has 0 aromatic heterocycles. The molecule has 2 aromatic rings. The summed E-state index contributed by atoms with van der Waals surface area (Å²) in [5.74, 6) is -8.21. The monoisotopic (exact) mass is 530 g/mol. The van der Waals surface area contributed by atoms with Gasteiger partial charge in [-0.25, -0.2) is 8.78 Å². The number of alkyl halides is 9. The molecule has 0 aliphatic rings. The molecule has 0 radical (unpaired) electrons. The fourth-order valence-electron chi connectivity index (χ4n) is 2.80. The second kappa shape index (κ2) is 7.89. The average Bonchev–Trinajstić information content (AvgIpc) is 2.60. The summed E-state index contributed by atoms with van der Waals surface area (Å²) in [6.45, 7) is 1.35. The molecule has 1 atom stereocenters. The molecule has 12 heteroatoms. The van der Waals surface area contributed by atoms with E-state index in [0.29, 0.717) is 12.1 Å². The standard InChI is InChI=1S/C18H10BrClF10/c1-2-8-5-11(15(22,17(25,26)27)16(23,24)18(28,29)30)14(12(19)6-8)10-7-9(20)3-4-13(10)21/h3-7H,2H2,1H3. The quantitative estimate of drug-likeness (QED) is 0.348. The first-order valence-electron chi connectivity index (χ1n) is 7.97. The Labute approximate surface area is 177 Å². The lowest BCUT2D eigenvalue weighted by Crippen LogP contribution is -2.60. The van der Waals surface area contributed by atoms with Crippen molar-refractivity contribution in [3.8, 4) is 11.1 Å². The molecule has 0 aliphatic heterocycles. The lowest BCUT2D eigenvalue weighted by Gasteiger charge is -2.37. The van der Waals surface area contributed by atoms with E-state index < -0.39 is 50.9 Å². The summed E-state index contributed by atoms with van der Waals surface area (Å²) in [7, 11) is 0. The van der Waals surface area contributed by atoms with Gasteiger partial charge in [-0.3, -0.25) is 0 Å². The number of rotatable bonds is 4. The third-order valence-electron chi connectivity index (χ3n) is 4.31. The van der Waals surface area contributed by atoms with Crippen LogP contribution in [0.4, 0.5) is 43.9 Å². The second-order valence-electron chi connectivity index (χ2n) is 6.21. The van der Waals surface area contributed by atoms with Crippen molar-refractivity contribution in [3.63, 3.8) is 0 Å². The highest BCUT2D eigenvalue weighted by Crippen LogP contribution is 2.60. The molecule has 0 saturated heterocycles. The lowest BCUT2D eigenvalue weighted by atomic mass is 9.81. The Morgan fingerprint density at radius 2 is 1.43 bits per heavy atom. The zero-order chi connectivity index (χ0) is 23.3. The maximum atomic E-state index is 15.2. The third kappa shape index (κ3) is 3.90. The molecule has 0 nitrogen and oxygen atoms in total. The number of aryl methyl sites for hydroxylation is 1. The summed E-state index contributed by atoms with van der Waals surface area (Å²) >= 11 is 8.41. The second-order valence-corrected chi connectivity index (χ2v) is 7.50. The predicted molar refractivity (Wildman–Crippen MR) is 93.8 cm³/mol. The molecule has 0 bridgehead atoms. The Bertz CT molecular complexity index is 951. The van der Waals surface area contributed by atoms with Crippen molar-refractivity contribution in [1.82, 2.24) is 0 Å². The van der Waals surface area contributed by atoms with E-state index in [4.69, 9.17) is 11.6 Å². The molecule has 30 heavy (non-hydrogen) atoms. The van der Waals surface area contributed by atoms with E-state index in [2.05, 4.69) is 15.9 Å². The fraction of sp³-hybridized carbons (Fsp3) is 0.333. The van der Waals surface area contributed by atoms with Gasteiger partial charge in [0.25, 0.3) is 0 Å². The molecule has 0 N–H and O–H groups in total. The smallest absolute Gasteiger partial charge is 0.221 e. The molecule has 0 spiro atoms. The van der Waals surface area contributed by atoms with Gasteiger partial charge in [0.05, 0.1) is 0 Å². The largest absolute Gasteiger partial charge is 0.457 e. The summed E-state index contributed by atoms with van der Waals surface area (Å²) in [6.07, 6.45) is -13.8. The highest BCUT2D eigenvalue weighted by atomic mass is 79.9. The summed E-state index contributed by atoms with van der Waals surface area (Å²) in [6, 6.07) is 3.58. The first-order valence-corrected chi connectivity index (χ1v) is 9.14. The normalized spacial score (nSPS) is 15.2. The molecule has 166 valence electrons. The summed E-state index contributed by atoms with van der Waals surface area (Å²) in [5, 5.41) is -0.275. The van der Waals surface area contributed by atoms with E-state index in [1.54, 1.807) is 0 Å². The zero-order valence-corrected chi connectivity index (χ0v) is 17.0. The third-order valence-corrected chi connectivity index (χ3v) is 5.17. The van der Waals surface area contributed by atoms with Crippen LogP contribution in [0.5, 0.6) is 0 Å². The fourth-order valence-corrected chi connectivity index (χ4v) is 3.69. The van der Waals surface area contributed by atoms with Crippen molar-refractivity contribution in [3.05, 3.63) is 56.8 Å². The molecule has 0 aliphatic carbocycles. The van der Waals surface area contributed by atoms with Crippen LogP contribution in [-0.4, -0.2) is 18.3 Å². The SMILES string of the molecule is CCc1cc(Br)c(-c2cc(Cl)ccc2F)c(C(F)(C(F)(F)F)C(F)(F)C(F)(F)F)c1. The maximum Gasteiger partial charge on any atom is 0.457 e. The zero-order valence-electron chi connectivity index (χ0n) is 14.6. The van der Waals surface area contributed by atoms with Crippen LogP contribution in [0.15, 0.2) is 34.8 Å². The molecule has 2 rings (SSSR count). The molecule has 1 unspecified atom stereocenters. The number of hydrogen-bond donors (Lipinski definition) is 0. The van der Waals surface area contributed by atoms with Crippen molar-refractivity contribution in [1.29, 1.82) is 0 Å². The van der Waals surface area contributed by atoms with Gasteiger partial charge in [-0.1, -0.05) is 40.5 Å². The van der Waals surface area contributed by atoms with Crippen LogP contribution in [-0.2, 0) is 12.1 Å². The number of hydrogen-bond acceptors (Lipinski definition) is 0. The molecule has 0 amide bonds. The van der Waals surface area contributed by atoms with E-state index in [1.807, 2.05) is 0 Å². The summed E-state index contributed by atoms with van der Waals surface area (Å²) < 4.78 is 137. The van der Waals surface area contributed by atoms with E-state index in [9.17, 15) is 39.5 Å².